The second-order valence-electron chi connectivity index (χ2n) is 7.16. The topological polar surface area (TPSA) is 81.2 Å². The van der Waals surface area contributed by atoms with Crippen molar-refractivity contribution in [3.8, 4) is 0 Å². The summed E-state index contributed by atoms with van der Waals surface area (Å²) in [5.41, 5.74) is 2.99. The van der Waals surface area contributed by atoms with E-state index >= 15 is 0 Å². The maximum absolute atomic E-state index is 12.5. The quantitative estimate of drug-likeness (QED) is 0.706. The third-order valence-corrected chi connectivity index (χ3v) is 5.48. The van der Waals surface area contributed by atoms with Gasteiger partial charge in [0.05, 0.1) is 18.3 Å². The zero-order valence-electron chi connectivity index (χ0n) is 14.6. The van der Waals surface area contributed by atoms with Crippen LogP contribution in [-0.2, 0) is 19.4 Å². The Morgan fingerprint density at radius 1 is 1.12 bits per heavy atom. The second kappa shape index (κ2) is 6.19. The Balaban J connectivity index is 1.43. The van der Waals surface area contributed by atoms with Crippen molar-refractivity contribution < 1.29 is 0 Å². The van der Waals surface area contributed by atoms with E-state index in [0.717, 1.165) is 67.8 Å². The molecule has 8 nitrogen and oxygen atoms in total. The zero-order valence-corrected chi connectivity index (χ0v) is 14.6. The lowest BCUT2D eigenvalue weighted by atomic mass is 9.97. The molecule has 1 aliphatic heterocycles. The smallest absolute Gasteiger partial charge is 0.267 e. The molecule has 8 heteroatoms. The highest BCUT2D eigenvalue weighted by molar-refractivity contribution is 5.46. The zero-order chi connectivity index (χ0) is 17.5. The third kappa shape index (κ3) is 2.65. The van der Waals surface area contributed by atoms with Crippen LogP contribution in [0.3, 0.4) is 0 Å². The Bertz CT molecular complexity index is 1010. The molecule has 0 saturated carbocycles. The van der Waals surface area contributed by atoms with Crippen LogP contribution in [0.25, 0.3) is 5.65 Å². The lowest BCUT2D eigenvalue weighted by Gasteiger charge is -2.26. The van der Waals surface area contributed by atoms with Crippen LogP contribution < -0.4 is 10.5 Å². The van der Waals surface area contributed by atoms with Gasteiger partial charge < -0.3 is 4.90 Å². The van der Waals surface area contributed by atoms with Crippen molar-refractivity contribution in [1.82, 2.24) is 29.6 Å². The average Bonchev–Trinajstić information content (AvgIpc) is 3.30. The van der Waals surface area contributed by atoms with E-state index in [9.17, 15) is 4.79 Å². The van der Waals surface area contributed by atoms with Crippen LogP contribution in [-0.4, -0.2) is 42.2 Å². The summed E-state index contributed by atoms with van der Waals surface area (Å²) in [6, 6.07) is 5.92. The molecule has 3 aromatic rings. The SMILES string of the molecule is O=c1cc2c(nn1CC1CCCN1c1ccc3nncn3n1)CCCC2. The number of hydrogen-bond acceptors (Lipinski definition) is 6. The van der Waals surface area contributed by atoms with Crippen molar-refractivity contribution in [2.45, 2.75) is 51.1 Å². The first-order chi connectivity index (χ1) is 12.8. The molecule has 1 fully saturated rings. The Morgan fingerprint density at radius 2 is 2.04 bits per heavy atom. The van der Waals surface area contributed by atoms with E-state index in [1.54, 1.807) is 21.6 Å². The molecule has 1 saturated heterocycles. The largest absolute Gasteiger partial charge is 0.350 e. The highest BCUT2D eigenvalue weighted by Gasteiger charge is 2.27. The number of nitrogens with zero attached hydrogens (tertiary/aromatic N) is 7. The fraction of sp³-hybridized carbons (Fsp3) is 0.500. The van der Waals surface area contributed by atoms with Crippen LogP contribution in [0.1, 0.15) is 36.9 Å². The minimum absolute atomic E-state index is 0.0136. The van der Waals surface area contributed by atoms with Crippen molar-refractivity contribution in [2.75, 3.05) is 11.4 Å². The summed E-state index contributed by atoms with van der Waals surface area (Å²) in [5, 5.41) is 17.2. The molecule has 0 amide bonds. The van der Waals surface area contributed by atoms with Crippen LogP contribution in [0.15, 0.2) is 29.3 Å². The summed E-state index contributed by atoms with van der Waals surface area (Å²) in [4.78, 5) is 14.8. The van der Waals surface area contributed by atoms with Gasteiger partial charge in [-0.05, 0) is 56.2 Å². The van der Waals surface area contributed by atoms with E-state index in [4.69, 9.17) is 0 Å². The molecule has 1 aliphatic carbocycles. The molecule has 0 aromatic carbocycles. The number of aryl methyl sites for hydroxylation is 2. The van der Waals surface area contributed by atoms with Crippen LogP contribution in [0.2, 0.25) is 0 Å². The third-order valence-electron chi connectivity index (χ3n) is 5.48. The lowest BCUT2D eigenvalue weighted by Crippen LogP contribution is -2.38. The Labute approximate surface area is 150 Å². The standard InChI is InChI=1S/C18H21N7O/c26-18-10-13-4-1-2-6-15(13)21-24(18)11-14-5-3-9-23(14)17-8-7-16-20-19-12-25(16)22-17/h7-8,10,12,14H,1-6,9,11H2. The van der Waals surface area contributed by atoms with E-state index in [-0.39, 0.29) is 11.6 Å². The first-order valence-electron chi connectivity index (χ1n) is 9.31. The number of fused-ring (bicyclic) bond motifs is 2. The minimum Gasteiger partial charge on any atom is -0.350 e. The molecule has 0 spiro atoms. The summed E-state index contributed by atoms with van der Waals surface area (Å²) in [6.07, 6.45) is 8.02. The van der Waals surface area contributed by atoms with Gasteiger partial charge in [0, 0.05) is 12.6 Å². The van der Waals surface area contributed by atoms with Gasteiger partial charge >= 0.3 is 0 Å². The number of anilines is 1. The summed E-state index contributed by atoms with van der Waals surface area (Å²) in [5.74, 6) is 0.894. The van der Waals surface area contributed by atoms with Gasteiger partial charge in [0.2, 0.25) is 0 Å². The van der Waals surface area contributed by atoms with Gasteiger partial charge in [-0.15, -0.1) is 15.3 Å². The molecule has 1 atom stereocenters. The molecule has 0 N–H and O–H groups in total. The monoisotopic (exact) mass is 351 g/mol. The Hall–Kier alpha value is -2.77. The van der Waals surface area contributed by atoms with Gasteiger partial charge in [-0.3, -0.25) is 4.79 Å². The lowest BCUT2D eigenvalue weighted by molar-refractivity contribution is 0.471. The van der Waals surface area contributed by atoms with Gasteiger partial charge in [0.25, 0.3) is 5.56 Å². The molecule has 4 heterocycles. The van der Waals surface area contributed by atoms with Gasteiger partial charge in [-0.25, -0.2) is 4.68 Å². The van der Waals surface area contributed by atoms with Crippen molar-refractivity contribution in [3.05, 3.63) is 46.1 Å². The molecule has 3 aromatic heterocycles. The maximum atomic E-state index is 12.5. The normalized spacial score (nSPS) is 19.8. The number of aromatic nitrogens is 6. The fourth-order valence-corrected chi connectivity index (χ4v) is 4.13. The van der Waals surface area contributed by atoms with E-state index in [0.29, 0.717) is 6.54 Å². The summed E-state index contributed by atoms with van der Waals surface area (Å²) in [7, 11) is 0. The summed E-state index contributed by atoms with van der Waals surface area (Å²) < 4.78 is 3.35. The number of hydrogen-bond donors (Lipinski definition) is 0. The van der Waals surface area contributed by atoms with Crippen molar-refractivity contribution in [1.29, 1.82) is 0 Å². The molecule has 0 bridgehead atoms. The van der Waals surface area contributed by atoms with Crippen LogP contribution >= 0.6 is 0 Å². The molecule has 5 rings (SSSR count). The number of rotatable bonds is 3. The van der Waals surface area contributed by atoms with Crippen LogP contribution in [0, 0.1) is 0 Å². The van der Waals surface area contributed by atoms with Gasteiger partial charge in [-0.1, -0.05) is 0 Å². The van der Waals surface area contributed by atoms with E-state index in [1.165, 1.54) is 0 Å². The molecule has 1 unspecified atom stereocenters. The minimum atomic E-state index is 0.0136. The molecular formula is C18H21N7O. The molecule has 26 heavy (non-hydrogen) atoms. The molecule has 134 valence electrons. The van der Waals surface area contributed by atoms with Gasteiger partial charge in [0.1, 0.15) is 12.1 Å². The fourth-order valence-electron chi connectivity index (χ4n) is 4.13. The predicted molar refractivity (Wildman–Crippen MR) is 96.3 cm³/mol. The van der Waals surface area contributed by atoms with E-state index < -0.39 is 0 Å². The van der Waals surface area contributed by atoms with Crippen molar-refractivity contribution >= 4 is 11.5 Å². The summed E-state index contributed by atoms with van der Waals surface area (Å²) in [6.45, 7) is 1.54. The van der Waals surface area contributed by atoms with Crippen LogP contribution in [0.5, 0.6) is 0 Å². The first kappa shape index (κ1) is 15.5. The maximum Gasteiger partial charge on any atom is 0.267 e. The van der Waals surface area contributed by atoms with Gasteiger partial charge in [0.15, 0.2) is 5.65 Å². The van der Waals surface area contributed by atoms with E-state index in [2.05, 4.69) is 25.3 Å². The van der Waals surface area contributed by atoms with Gasteiger partial charge in [-0.2, -0.15) is 9.61 Å². The highest BCUT2D eigenvalue weighted by Crippen LogP contribution is 2.25. The first-order valence-corrected chi connectivity index (χ1v) is 9.31. The molecular weight excluding hydrogens is 330 g/mol. The molecule has 0 radical (unpaired) electrons. The average molecular weight is 351 g/mol. The Morgan fingerprint density at radius 3 is 3.00 bits per heavy atom. The predicted octanol–water partition coefficient (Wildman–Crippen LogP) is 1.23. The second-order valence-corrected chi connectivity index (χ2v) is 7.16. The summed E-state index contributed by atoms with van der Waals surface area (Å²) >= 11 is 0. The van der Waals surface area contributed by atoms with Crippen LogP contribution in [0.4, 0.5) is 5.82 Å². The Kier molecular flexibility index (Phi) is 3.69. The highest BCUT2D eigenvalue weighted by atomic mass is 16.1. The van der Waals surface area contributed by atoms with Crippen molar-refractivity contribution in [2.24, 2.45) is 0 Å². The molecule has 2 aliphatic rings. The van der Waals surface area contributed by atoms with Crippen molar-refractivity contribution in [3.63, 3.8) is 0 Å². The van der Waals surface area contributed by atoms with E-state index in [1.807, 2.05) is 12.1 Å².